The highest BCUT2D eigenvalue weighted by atomic mass is 16.1. The van der Waals surface area contributed by atoms with Gasteiger partial charge in [0.25, 0.3) is 5.91 Å². The van der Waals surface area contributed by atoms with Gasteiger partial charge >= 0.3 is 0 Å². The standard InChI is InChI=1S/C13H14N6O/c14-6-1-3-10-4-2-7-15-12(10)13(20)16-8-5-11-17-9-18-19-11/h2,4,7,9H,5-6,8,14H2,(H,16,20)(H,17,18,19). The first-order valence-electron chi connectivity index (χ1n) is 6.07. The van der Waals surface area contributed by atoms with E-state index in [4.69, 9.17) is 5.73 Å². The Hall–Kier alpha value is -2.72. The van der Waals surface area contributed by atoms with Gasteiger partial charge in [-0.1, -0.05) is 11.8 Å². The van der Waals surface area contributed by atoms with E-state index in [-0.39, 0.29) is 12.5 Å². The van der Waals surface area contributed by atoms with Crippen LogP contribution in [-0.4, -0.2) is 39.2 Å². The molecular weight excluding hydrogens is 256 g/mol. The number of hydrogen-bond donors (Lipinski definition) is 3. The van der Waals surface area contributed by atoms with Crippen LogP contribution < -0.4 is 11.1 Å². The lowest BCUT2D eigenvalue weighted by Gasteiger charge is -2.04. The third kappa shape index (κ3) is 3.63. The minimum atomic E-state index is -0.272. The quantitative estimate of drug-likeness (QED) is 0.648. The maximum Gasteiger partial charge on any atom is 0.271 e. The minimum absolute atomic E-state index is 0.238. The van der Waals surface area contributed by atoms with Crippen LogP contribution in [0.2, 0.25) is 0 Å². The molecule has 0 aliphatic rings. The topological polar surface area (TPSA) is 110 Å². The van der Waals surface area contributed by atoms with Crippen molar-refractivity contribution in [3.8, 4) is 11.8 Å². The van der Waals surface area contributed by atoms with Crippen molar-refractivity contribution < 1.29 is 4.79 Å². The number of carbonyl (C=O) groups is 1. The maximum atomic E-state index is 12.0. The number of hydrogen-bond acceptors (Lipinski definition) is 5. The second-order valence-corrected chi connectivity index (χ2v) is 3.84. The highest BCUT2D eigenvalue weighted by molar-refractivity contribution is 5.94. The van der Waals surface area contributed by atoms with Crippen molar-refractivity contribution in [2.75, 3.05) is 13.1 Å². The molecule has 0 saturated carbocycles. The van der Waals surface area contributed by atoms with Crippen molar-refractivity contribution >= 4 is 5.91 Å². The second kappa shape index (κ2) is 7.01. The summed E-state index contributed by atoms with van der Waals surface area (Å²) < 4.78 is 0. The molecule has 0 atom stereocenters. The number of H-pyrrole nitrogens is 1. The number of nitrogens with zero attached hydrogens (tertiary/aromatic N) is 3. The van der Waals surface area contributed by atoms with Gasteiger partial charge in [-0.3, -0.25) is 9.89 Å². The molecule has 102 valence electrons. The van der Waals surface area contributed by atoms with Gasteiger partial charge in [0.15, 0.2) is 0 Å². The zero-order valence-corrected chi connectivity index (χ0v) is 10.8. The molecule has 0 unspecified atom stereocenters. The molecule has 4 N–H and O–H groups in total. The maximum absolute atomic E-state index is 12.0. The van der Waals surface area contributed by atoms with Crippen LogP contribution in [0.15, 0.2) is 24.7 Å². The average molecular weight is 270 g/mol. The number of nitrogens with two attached hydrogens (primary N) is 1. The highest BCUT2D eigenvalue weighted by Gasteiger charge is 2.10. The minimum Gasteiger partial charge on any atom is -0.350 e. The van der Waals surface area contributed by atoms with Crippen molar-refractivity contribution in [2.24, 2.45) is 5.73 Å². The molecule has 2 aromatic heterocycles. The largest absolute Gasteiger partial charge is 0.350 e. The molecule has 7 nitrogen and oxygen atoms in total. The van der Waals surface area contributed by atoms with Gasteiger partial charge in [0.2, 0.25) is 0 Å². The van der Waals surface area contributed by atoms with Gasteiger partial charge in [0.1, 0.15) is 17.8 Å². The molecule has 0 bridgehead atoms. The SMILES string of the molecule is NCC#Cc1cccnc1C(=O)NCCc1ncn[nH]1. The smallest absolute Gasteiger partial charge is 0.271 e. The normalized spacial score (nSPS) is 9.65. The second-order valence-electron chi connectivity index (χ2n) is 3.84. The summed E-state index contributed by atoms with van der Waals surface area (Å²) >= 11 is 0. The summed E-state index contributed by atoms with van der Waals surface area (Å²) in [6.45, 7) is 0.676. The van der Waals surface area contributed by atoms with E-state index in [1.807, 2.05) is 0 Å². The molecule has 2 rings (SSSR count). The lowest BCUT2D eigenvalue weighted by atomic mass is 10.2. The van der Waals surface area contributed by atoms with Gasteiger partial charge < -0.3 is 11.1 Å². The average Bonchev–Trinajstić information content (AvgIpc) is 2.98. The third-order valence-corrected chi connectivity index (χ3v) is 2.46. The van der Waals surface area contributed by atoms with Crippen LogP contribution >= 0.6 is 0 Å². The fourth-order valence-electron chi connectivity index (χ4n) is 1.56. The molecule has 20 heavy (non-hydrogen) atoms. The molecule has 0 fully saturated rings. The van der Waals surface area contributed by atoms with Gasteiger partial charge in [-0.2, -0.15) is 5.10 Å². The van der Waals surface area contributed by atoms with Gasteiger partial charge in [-0.25, -0.2) is 9.97 Å². The molecule has 0 spiro atoms. The first-order chi connectivity index (χ1) is 9.81. The summed E-state index contributed by atoms with van der Waals surface area (Å²) in [5, 5.41) is 9.23. The molecule has 0 saturated heterocycles. The predicted octanol–water partition coefficient (Wildman–Crippen LogP) is -0.518. The monoisotopic (exact) mass is 270 g/mol. The van der Waals surface area contributed by atoms with Crippen LogP contribution in [0.4, 0.5) is 0 Å². The van der Waals surface area contributed by atoms with Crippen molar-refractivity contribution in [1.82, 2.24) is 25.5 Å². The molecule has 1 amide bonds. The molecule has 7 heteroatoms. The van der Waals surface area contributed by atoms with Crippen LogP contribution in [-0.2, 0) is 6.42 Å². The third-order valence-electron chi connectivity index (χ3n) is 2.46. The van der Waals surface area contributed by atoms with E-state index in [2.05, 4.69) is 37.3 Å². The molecule has 0 radical (unpaired) electrons. The lowest BCUT2D eigenvalue weighted by Crippen LogP contribution is -2.27. The summed E-state index contributed by atoms with van der Waals surface area (Å²) in [6.07, 6.45) is 3.55. The summed E-state index contributed by atoms with van der Waals surface area (Å²) in [5.74, 6) is 5.99. The summed E-state index contributed by atoms with van der Waals surface area (Å²) in [4.78, 5) is 20.1. The van der Waals surface area contributed by atoms with Gasteiger partial charge in [-0.15, -0.1) is 0 Å². The van der Waals surface area contributed by atoms with E-state index in [1.165, 1.54) is 6.33 Å². The molecule has 2 aromatic rings. The number of carbonyl (C=O) groups excluding carboxylic acids is 1. The summed E-state index contributed by atoms with van der Waals surface area (Å²) in [7, 11) is 0. The van der Waals surface area contributed by atoms with Crippen molar-refractivity contribution in [1.29, 1.82) is 0 Å². The molecular formula is C13H14N6O. The summed E-state index contributed by atoms with van der Waals surface area (Å²) in [5.41, 5.74) is 6.19. The van der Waals surface area contributed by atoms with Crippen LogP contribution in [0, 0.1) is 11.8 Å². The van der Waals surface area contributed by atoms with Crippen molar-refractivity contribution in [3.63, 3.8) is 0 Å². The zero-order valence-electron chi connectivity index (χ0n) is 10.8. The van der Waals surface area contributed by atoms with Gasteiger partial charge in [0, 0.05) is 19.2 Å². The van der Waals surface area contributed by atoms with Crippen LogP contribution in [0.25, 0.3) is 0 Å². The van der Waals surface area contributed by atoms with E-state index in [0.717, 1.165) is 5.82 Å². The van der Waals surface area contributed by atoms with E-state index < -0.39 is 0 Å². The predicted molar refractivity (Wildman–Crippen MR) is 72.6 cm³/mol. The molecule has 0 aliphatic heterocycles. The number of amides is 1. The van der Waals surface area contributed by atoms with Gasteiger partial charge in [-0.05, 0) is 12.1 Å². The van der Waals surface area contributed by atoms with E-state index >= 15 is 0 Å². The Morgan fingerprint density at radius 1 is 1.45 bits per heavy atom. The first kappa shape index (κ1) is 13.7. The number of aromatic nitrogens is 4. The molecule has 0 aromatic carbocycles. The Kier molecular flexibility index (Phi) is 4.81. The van der Waals surface area contributed by atoms with Crippen molar-refractivity contribution in [2.45, 2.75) is 6.42 Å². The molecule has 0 aliphatic carbocycles. The fourth-order valence-corrected chi connectivity index (χ4v) is 1.56. The summed E-state index contributed by atoms with van der Waals surface area (Å²) in [6, 6.07) is 3.47. The Balaban J connectivity index is 1.98. The van der Waals surface area contributed by atoms with E-state index in [9.17, 15) is 4.79 Å². The lowest BCUT2D eigenvalue weighted by molar-refractivity contribution is 0.0949. The van der Waals surface area contributed by atoms with E-state index in [0.29, 0.717) is 24.2 Å². The zero-order chi connectivity index (χ0) is 14.2. The Morgan fingerprint density at radius 3 is 3.10 bits per heavy atom. The van der Waals surface area contributed by atoms with Crippen LogP contribution in [0.5, 0.6) is 0 Å². The molecule has 2 heterocycles. The number of aromatic amines is 1. The highest BCUT2D eigenvalue weighted by Crippen LogP contribution is 2.03. The number of rotatable bonds is 4. The Labute approximate surface area is 116 Å². The van der Waals surface area contributed by atoms with E-state index in [1.54, 1.807) is 18.3 Å². The van der Waals surface area contributed by atoms with Crippen LogP contribution in [0.3, 0.4) is 0 Å². The number of pyridine rings is 1. The number of nitrogens with one attached hydrogen (secondary N) is 2. The van der Waals surface area contributed by atoms with Gasteiger partial charge in [0.05, 0.1) is 12.1 Å². The fraction of sp³-hybridized carbons (Fsp3) is 0.231. The van der Waals surface area contributed by atoms with Crippen LogP contribution in [0.1, 0.15) is 21.9 Å². The Morgan fingerprint density at radius 2 is 2.35 bits per heavy atom. The first-order valence-corrected chi connectivity index (χ1v) is 6.07. The van der Waals surface area contributed by atoms with Crippen molar-refractivity contribution in [3.05, 3.63) is 41.7 Å². The Bertz CT molecular complexity index is 626.